The van der Waals surface area contributed by atoms with E-state index in [0.29, 0.717) is 23.9 Å². The molecule has 1 aliphatic carbocycles. The first-order chi connectivity index (χ1) is 23.3. The maximum atomic E-state index is 16.4. The molecule has 2 aliphatic heterocycles. The number of anilines is 2. The molecule has 0 radical (unpaired) electrons. The second-order valence-corrected chi connectivity index (χ2v) is 13.6. The van der Waals surface area contributed by atoms with Gasteiger partial charge in [-0.2, -0.15) is 28.4 Å². The normalized spacial score (nSPS) is 23.6. The summed E-state index contributed by atoms with van der Waals surface area (Å²) in [6.45, 7) is 2.05. The van der Waals surface area contributed by atoms with E-state index in [4.69, 9.17) is 15.2 Å². The van der Waals surface area contributed by atoms with Crippen molar-refractivity contribution in [3.63, 3.8) is 0 Å². The van der Waals surface area contributed by atoms with Crippen molar-refractivity contribution in [2.24, 2.45) is 5.92 Å². The lowest BCUT2D eigenvalue weighted by Crippen LogP contribution is -2.56. The molecule has 16 heteroatoms. The molecule has 5 unspecified atom stereocenters. The lowest BCUT2D eigenvalue weighted by Gasteiger charge is -2.46. The summed E-state index contributed by atoms with van der Waals surface area (Å²) in [6, 6.07) is 4.34. The van der Waals surface area contributed by atoms with E-state index in [1.807, 2.05) is 0 Å². The van der Waals surface area contributed by atoms with Crippen LogP contribution >= 0.6 is 11.3 Å². The van der Waals surface area contributed by atoms with Gasteiger partial charge >= 0.3 is 12.2 Å². The van der Waals surface area contributed by atoms with Crippen LogP contribution in [0.4, 0.5) is 37.2 Å². The minimum atomic E-state index is -5.07. The Kier molecular flexibility index (Phi) is 9.57. The predicted octanol–water partition coefficient (Wildman–Crippen LogP) is 6.30. The molecular formula is C33H34F6N6O3S. The maximum absolute atomic E-state index is 16.4. The van der Waals surface area contributed by atoms with Crippen molar-refractivity contribution in [3.05, 3.63) is 41.0 Å². The number of alkyl halides is 4. The van der Waals surface area contributed by atoms with E-state index < -0.39 is 46.7 Å². The van der Waals surface area contributed by atoms with Gasteiger partial charge in [-0.25, -0.2) is 13.2 Å². The fraction of sp³-hybridized carbons (Fsp3) is 0.485. The van der Waals surface area contributed by atoms with E-state index in [1.54, 1.807) is 18.0 Å². The molecule has 1 saturated carbocycles. The first kappa shape index (κ1) is 34.9. The Balaban J connectivity index is 0.000000396. The smallest absolute Gasteiger partial charge is 0.417 e. The van der Waals surface area contributed by atoms with E-state index in [9.17, 15) is 32.3 Å². The summed E-state index contributed by atoms with van der Waals surface area (Å²) in [7, 11) is 4.25. The molecule has 5 atom stereocenters. The molecule has 3 N–H and O–H groups in total. The number of aliphatic hydroxyl groups is 1. The monoisotopic (exact) mass is 708 g/mol. The van der Waals surface area contributed by atoms with Crippen LogP contribution in [0.25, 0.3) is 32.1 Å². The van der Waals surface area contributed by atoms with Gasteiger partial charge in [-0.05, 0) is 49.9 Å². The number of aromatic nitrogens is 2. The highest BCUT2D eigenvalue weighted by Crippen LogP contribution is 2.48. The van der Waals surface area contributed by atoms with Gasteiger partial charge in [-0.3, -0.25) is 4.90 Å². The number of fused-ring (bicyclic) bond motifs is 3. The molecular weight excluding hydrogens is 674 g/mol. The molecule has 4 aromatic rings. The highest BCUT2D eigenvalue weighted by atomic mass is 32.1. The minimum absolute atomic E-state index is 0.0439. The SMILES string of the molecule is COCC1C(O)CC1N(C)c1nc(OC)nc2c(F)c(-c3ccc(F)c4sc(N)c(C#N)c34)c(C(F)(F)F)cc12.FC1CC2CCCN2C1. The van der Waals surface area contributed by atoms with Gasteiger partial charge in [0.15, 0.2) is 5.82 Å². The Morgan fingerprint density at radius 2 is 1.96 bits per heavy atom. The highest BCUT2D eigenvalue weighted by molar-refractivity contribution is 7.23. The van der Waals surface area contributed by atoms with Crippen molar-refractivity contribution in [1.82, 2.24) is 14.9 Å². The third-order valence-electron chi connectivity index (χ3n) is 9.70. The van der Waals surface area contributed by atoms with Gasteiger partial charge < -0.3 is 25.2 Å². The van der Waals surface area contributed by atoms with Gasteiger partial charge in [-0.15, -0.1) is 11.3 Å². The van der Waals surface area contributed by atoms with Crippen molar-refractivity contribution in [2.75, 3.05) is 51.6 Å². The number of nitriles is 1. The van der Waals surface area contributed by atoms with Crippen LogP contribution < -0.4 is 15.4 Å². The molecule has 3 aliphatic rings. The van der Waals surface area contributed by atoms with Crippen molar-refractivity contribution < 1.29 is 40.9 Å². The van der Waals surface area contributed by atoms with Crippen LogP contribution in [0.5, 0.6) is 6.01 Å². The molecule has 3 fully saturated rings. The van der Waals surface area contributed by atoms with Gasteiger partial charge in [0.1, 0.15) is 34.4 Å². The van der Waals surface area contributed by atoms with E-state index in [-0.39, 0.29) is 68.4 Å². The average Bonchev–Trinajstić information content (AvgIpc) is 3.75. The Hall–Kier alpha value is -3.91. The summed E-state index contributed by atoms with van der Waals surface area (Å²) in [4.78, 5) is 12.1. The third kappa shape index (κ3) is 6.22. The first-order valence-corrected chi connectivity index (χ1v) is 16.4. The van der Waals surface area contributed by atoms with Crippen LogP contribution in [0.3, 0.4) is 0 Å². The molecule has 2 aromatic carbocycles. The van der Waals surface area contributed by atoms with Gasteiger partial charge in [0.25, 0.3) is 0 Å². The topological polar surface area (TPSA) is 121 Å². The molecule has 7 rings (SSSR count). The number of nitrogens with zero attached hydrogens (tertiary/aromatic N) is 5. The van der Waals surface area contributed by atoms with Gasteiger partial charge in [0.2, 0.25) is 0 Å². The summed E-state index contributed by atoms with van der Waals surface area (Å²) >= 11 is 0.684. The Morgan fingerprint density at radius 1 is 1.20 bits per heavy atom. The van der Waals surface area contributed by atoms with Crippen molar-refractivity contribution in [3.8, 4) is 23.2 Å². The van der Waals surface area contributed by atoms with Gasteiger partial charge in [-0.1, -0.05) is 6.07 Å². The molecule has 262 valence electrons. The van der Waals surface area contributed by atoms with Crippen LogP contribution in [-0.4, -0.2) is 85.3 Å². The van der Waals surface area contributed by atoms with E-state index in [2.05, 4.69) is 14.9 Å². The number of ether oxygens (including phenoxy) is 2. The van der Waals surface area contributed by atoms with E-state index >= 15 is 4.39 Å². The van der Waals surface area contributed by atoms with Crippen LogP contribution in [0, 0.1) is 28.9 Å². The zero-order valence-corrected chi connectivity index (χ0v) is 27.6. The third-order valence-corrected chi connectivity index (χ3v) is 10.7. The van der Waals surface area contributed by atoms with Crippen molar-refractivity contribution >= 4 is 43.1 Å². The highest BCUT2D eigenvalue weighted by Gasteiger charge is 2.44. The molecule has 49 heavy (non-hydrogen) atoms. The molecule has 2 saturated heterocycles. The lowest BCUT2D eigenvalue weighted by molar-refractivity contribution is -0.137. The van der Waals surface area contributed by atoms with Gasteiger partial charge in [0.05, 0.1) is 35.6 Å². The molecule has 0 spiro atoms. The molecule has 9 nitrogen and oxygen atoms in total. The summed E-state index contributed by atoms with van der Waals surface area (Å²) < 4.78 is 97.5. The predicted molar refractivity (Wildman–Crippen MR) is 173 cm³/mol. The first-order valence-electron chi connectivity index (χ1n) is 15.6. The number of benzene rings is 2. The quantitative estimate of drug-likeness (QED) is 0.223. The zero-order chi connectivity index (χ0) is 35.4. The van der Waals surface area contributed by atoms with E-state index in [0.717, 1.165) is 31.2 Å². The average molecular weight is 709 g/mol. The Labute approximate surface area is 281 Å². The number of hydrogen-bond acceptors (Lipinski definition) is 10. The fourth-order valence-corrected chi connectivity index (χ4v) is 8.20. The lowest BCUT2D eigenvalue weighted by atomic mass is 9.76. The number of methoxy groups -OCH3 is 2. The van der Waals surface area contributed by atoms with Crippen LogP contribution in [-0.2, 0) is 10.9 Å². The second-order valence-electron chi connectivity index (χ2n) is 12.5. The Morgan fingerprint density at radius 3 is 2.59 bits per heavy atom. The number of nitrogens with two attached hydrogens (primary N) is 1. The van der Waals surface area contributed by atoms with Crippen LogP contribution in [0.2, 0.25) is 0 Å². The number of nitrogen functional groups attached to an aromatic ring is 1. The summed E-state index contributed by atoms with van der Waals surface area (Å²) in [6.07, 6.45) is -2.66. The second kappa shape index (κ2) is 13.4. The number of thiophene rings is 1. The number of aliphatic hydroxyl groups excluding tert-OH is 1. The summed E-state index contributed by atoms with van der Waals surface area (Å²) in [5, 5.41) is 19.2. The zero-order valence-electron chi connectivity index (χ0n) is 26.8. The largest absolute Gasteiger partial charge is 0.467 e. The van der Waals surface area contributed by atoms with E-state index in [1.165, 1.54) is 27.1 Å². The van der Waals surface area contributed by atoms with Crippen molar-refractivity contribution in [1.29, 1.82) is 5.26 Å². The molecule has 0 bridgehead atoms. The minimum Gasteiger partial charge on any atom is -0.467 e. The molecule has 4 heterocycles. The summed E-state index contributed by atoms with van der Waals surface area (Å²) in [5.41, 5.74) is 2.49. The maximum Gasteiger partial charge on any atom is 0.417 e. The standard InChI is InChI=1S/C26H22F5N5O3S.C7H12FN/c1-36(16-7-17(37)13(16)9-38-2)24-11-6-14(26(29,30)31)19(20(28)21(11)34-25(35-24)39-3)10-4-5-15(27)22-18(10)12(8-32)23(33)40-22;8-6-4-7-2-1-3-9(7)5-6/h4-6,13,16-17,37H,7,9,33H2,1-3H3;6-7H,1-5H2. The van der Waals surface area contributed by atoms with Gasteiger partial charge in [0, 0.05) is 55.0 Å². The summed E-state index contributed by atoms with van der Waals surface area (Å²) in [5.74, 6) is -2.58. The Bertz CT molecular complexity index is 1920. The number of rotatable bonds is 6. The van der Waals surface area contributed by atoms with Crippen LogP contribution in [0.15, 0.2) is 18.2 Å². The number of hydrogen-bond donors (Lipinski definition) is 2. The number of halogens is 6. The molecule has 0 amide bonds. The fourth-order valence-electron chi connectivity index (χ4n) is 7.25. The van der Waals surface area contributed by atoms with Crippen molar-refractivity contribution in [2.45, 2.75) is 56.2 Å². The van der Waals surface area contributed by atoms with Crippen LogP contribution in [0.1, 0.15) is 36.8 Å². The molecule has 2 aromatic heterocycles.